The zero-order chi connectivity index (χ0) is 74.0. The van der Waals surface area contributed by atoms with Crippen LogP contribution in [0.25, 0.3) is 0 Å². The molecule has 512 valence electrons. The molecule has 0 aromatic rings. The lowest BCUT2D eigenvalue weighted by molar-refractivity contribution is -0.112. The fourth-order valence-corrected chi connectivity index (χ4v) is 6.57. The predicted molar refractivity (Wildman–Crippen MR) is 398 cm³/mol. The highest BCUT2D eigenvalue weighted by molar-refractivity contribution is 5.55. The van der Waals surface area contributed by atoms with Crippen molar-refractivity contribution in [1.82, 2.24) is 0 Å². The number of aliphatic hydroxyl groups is 3. The van der Waals surface area contributed by atoms with Gasteiger partial charge >= 0.3 is 0 Å². The van der Waals surface area contributed by atoms with Crippen molar-refractivity contribution in [3.05, 3.63) is 0 Å². The Bertz CT molecular complexity index is 2720. The molecule has 0 fully saturated rings. The average Bonchev–Trinajstić information content (AvgIpc) is 3.76. The Kier molecular flexibility index (Phi) is 123. The van der Waals surface area contributed by atoms with Crippen LogP contribution in [0.3, 0.4) is 0 Å². The first-order chi connectivity index (χ1) is 46.9. The summed E-state index contributed by atoms with van der Waals surface area (Å²) in [5.74, 6) is 66.4. The molecule has 0 aliphatic carbocycles. The maximum absolute atomic E-state index is 10.6. The van der Waals surface area contributed by atoms with E-state index in [0.29, 0.717) is 25.4 Å². The summed E-state index contributed by atoms with van der Waals surface area (Å²) in [6, 6.07) is 0. The molecule has 0 rings (SSSR count). The molecule has 0 spiro atoms. The standard InChI is InChI=1S/C14H26O2.C14H2.C10H20O2.C10H18O2.2C10H2.C8H16O.C6H14O2.C4H8O/c1-3-13(11-15)9-7-5-6-8-10-14(4-2)12-16;1-3-5-7-9-11-13-14-12-10-8-6-4-2;2*1-2-10(9-12)7-5-3-4-6-8-11;2*1-3-5-7-9-10-8-6-4-2;1-3-5-6-8(4-2)7-9;7-5-3-1-2-4-6-8;1-2-3-4-5/h11-14H,3-10H2,1-2H3;1-2H;9-11H,2-8H2,1H3;8-10H,2-7H2,1H3;2*1-2H;7-8H,3-6H2,1-2H3;7-8H,1-6H2;4H,2-3H2,1H3. The monoisotopic (exact) mass is 1300 g/mol. The van der Waals surface area contributed by atoms with Gasteiger partial charge in [0, 0.05) is 62.3 Å². The van der Waals surface area contributed by atoms with Gasteiger partial charge < -0.3 is 48.9 Å². The van der Waals surface area contributed by atoms with Gasteiger partial charge in [-0.05, 0) is 262 Å². The summed E-state index contributed by atoms with van der Waals surface area (Å²) in [6.07, 6.45) is 66.8. The van der Waals surface area contributed by atoms with Crippen molar-refractivity contribution in [3.63, 3.8) is 0 Å². The molecule has 3 N–H and O–H groups in total. The second-order valence-electron chi connectivity index (χ2n) is 19.8. The first-order valence-corrected chi connectivity index (χ1v) is 33.1. The van der Waals surface area contributed by atoms with Crippen LogP contribution in [0.2, 0.25) is 0 Å². The molecule has 0 aromatic carbocycles. The first-order valence-electron chi connectivity index (χ1n) is 33.1. The molecular weight excluding hydrogens is 1190 g/mol. The van der Waals surface area contributed by atoms with Gasteiger partial charge in [-0.2, -0.15) is 0 Å². The third kappa shape index (κ3) is 122. The average molecular weight is 1300 g/mol. The number of terminal acetylenes is 6. The SMILES string of the molecule is C#CC#CC#CC#CC#C.C#CC#CC#CC#CC#C.C#CC#CC#CC#CC#CC#CC#C.CCC(C=O)CCCCCC=O.CCC(C=O)CCCCCCC(C=O)CC.CCC(C=O)CCCCCCO.CCCC=O.CCCCC(C=O)CC.OCCCCCCO. The highest BCUT2D eigenvalue weighted by Gasteiger charge is 2.06. The molecule has 0 saturated heterocycles. The van der Waals surface area contributed by atoms with Crippen molar-refractivity contribution in [2.24, 2.45) is 29.6 Å². The third-order valence-electron chi connectivity index (χ3n) is 12.4. The van der Waals surface area contributed by atoms with Crippen LogP contribution in [0.5, 0.6) is 0 Å². The van der Waals surface area contributed by atoms with Gasteiger partial charge in [-0.25, -0.2) is 0 Å². The third-order valence-corrected chi connectivity index (χ3v) is 12.4. The van der Waals surface area contributed by atoms with Gasteiger partial charge in [0.1, 0.15) is 44.0 Å². The second-order valence-corrected chi connectivity index (χ2v) is 19.8. The van der Waals surface area contributed by atoms with E-state index in [1.54, 1.807) is 0 Å². The molecule has 0 bridgehead atoms. The minimum Gasteiger partial charge on any atom is -0.396 e. The highest BCUT2D eigenvalue weighted by Crippen LogP contribution is 2.16. The molecule has 10 heteroatoms. The van der Waals surface area contributed by atoms with Gasteiger partial charge in [-0.15, -0.1) is 38.5 Å². The fraction of sp³-hybridized carbons (Fsp3) is 0.523. The van der Waals surface area contributed by atoms with Crippen LogP contribution in [0.1, 0.15) is 241 Å². The van der Waals surface area contributed by atoms with Crippen LogP contribution in [-0.2, 0) is 33.6 Å². The summed E-state index contributed by atoms with van der Waals surface area (Å²) >= 11 is 0. The number of unbranched alkanes of at least 4 members (excludes halogenated alkanes) is 14. The van der Waals surface area contributed by atoms with Crippen LogP contribution in [-0.4, -0.2) is 79.1 Å². The van der Waals surface area contributed by atoms with Crippen molar-refractivity contribution in [3.8, 4) is 204 Å². The number of aliphatic hydroxyl groups excluding tert-OH is 3. The van der Waals surface area contributed by atoms with Crippen LogP contribution >= 0.6 is 0 Å². The molecule has 0 heterocycles. The van der Waals surface area contributed by atoms with Crippen molar-refractivity contribution in [2.75, 3.05) is 19.8 Å². The number of aldehydes is 7. The molecule has 5 atom stereocenters. The van der Waals surface area contributed by atoms with E-state index in [4.69, 9.17) is 53.9 Å². The van der Waals surface area contributed by atoms with E-state index < -0.39 is 0 Å². The van der Waals surface area contributed by atoms with Gasteiger partial charge in [-0.3, -0.25) is 0 Å². The normalized spacial score (nSPS) is 9.21. The topological polar surface area (TPSA) is 180 Å². The predicted octanol–water partition coefficient (Wildman–Crippen LogP) is 13.0. The smallest absolute Gasteiger partial charge is 0.123 e. The molecule has 0 aromatic heterocycles. The lowest BCUT2D eigenvalue weighted by atomic mass is 9.97. The largest absolute Gasteiger partial charge is 0.396 e. The zero-order valence-corrected chi connectivity index (χ0v) is 58.9. The molecular formula is C86H108O10. The summed E-state index contributed by atoms with van der Waals surface area (Å²) in [5.41, 5.74) is 0. The number of hydrogen-bond acceptors (Lipinski definition) is 10. The molecule has 5 unspecified atom stereocenters. The van der Waals surface area contributed by atoms with E-state index in [1.807, 2.05) is 20.8 Å². The summed E-state index contributed by atoms with van der Waals surface area (Å²) in [4.78, 5) is 71.6. The maximum atomic E-state index is 10.6. The van der Waals surface area contributed by atoms with Crippen molar-refractivity contribution < 1.29 is 48.9 Å². The van der Waals surface area contributed by atoms with Gasteiger partial charge in [0.05, 0.1) is 0 Å². The van der Waals surface area contributed by atoms with Crippen LogP contribution in [0.4, 0.5) is 0 Å². The van der Waals surface area contributed by atoms with E-state index in [0.717, 1.165) is 198 Å². The Morgan fingerprint density at radius 1 is 0.240 bits per heavy atom. The molecule has 0 radical (unpaired) electrons. The van der Waals surface area contributed by atoms with Gasteiger partial charge in [0.15, 0.2) is 0 Å². The summed E-state index contributed by atoms with van der Waals surface area (Å²) in [7, 11) is 0. The molecule has 0 amide bonds. The quantitative estimate of drug-likeness (QED) is 0.0304. The van der Waals surface area contributed by atoms with E-state index in [1.165, 1.54) is 25.7 Å². The Morgan fingerprint density at radius 3 is 0.573 bits per heavy atom. The lowest BCUT2D eigenvalue weighted by Gasteiger charge is -2.08. The van der Waals surface area contributed by atoms with Crippen LogP contribution in [0, 0.1) is 234 Å². The highest BCUT2D eigenvalue weighted by atomic mass is 16.3. The minimum atomic E-state index is 0.237. The fourth-order valence-electron chi connectivity index (χ4n) is 6.57. The number of carbonyl (C=O) groups is 7. The van der Waals surface area contributed by atoms with E-state index in [-0.39, 0.29) is 36.9 Å². The molecule has 0 saturated carbocycles. The molecule has 0 aliphatic rings. The number of carbonyl (C=O) groups excluding carboxylic acids is 7. The Labute approximate surface area is 584 Å². The summed E-state index contributed by atoms with van der Waals surface area (Å²) in [6.45, 7) is 15.3. The van der Waals surface area contributed by atoms with Crippen LogP contribution in [0.15, 0.2) is 0 Å². The first kappa shape index (κ1) is 105. The molecule has 96 heavy (non-hydrogen) atoms. The second kappa shape index (κ2) is 113. The Hall–Kier alpha value is -9.91. The van der Waals surface area contributed by atoms with Crippen molar-refractivity contribution in [1.29, 1.82) is 0 Å². The summed E-state index contributed by atoms with van der Waals surface area (Å²) in [5, 5.41) is 25.1. The molecule has 10 nitrogen and oxygen atoms in total. The molecule has 0 aliphatic heterocycles. The van der Waals surface area contributed by atoms with Gasteiger partial charge in [0.25, 0.3) is 0 Å². The van der Waals surface area contributed by atoms with Crippen molar-refractivity contribution >= 4 is 44.0 Å². The van der Waals surface area contributed by atoms with E-state index in [2.05, 4.69) is 193 Å². The Morgan fingerprint density at radius 2 is 0.427 bits per heavy atom. The van der Waals surface area contributed by atoms with E-state index >= 15 is 0 Å². The van der Waals surface area contributed by atoms with Crippen molar-refractivity contribution in [2.45, 2.75) is 241 Å². The number of rotatable bonds is 39. The van der Waals surface area contributed by atoms with Crippen LogP contribution < -0.4 is 0 Å². The summed E-state index contributed by atoms with van der Waals surface area (Å²) < 4.78 is 0. The zero-order valence-electron chi connectivity index (χ0n) is 58.9. The van der Waals surface area contributed by atoms with Gasteiger partial charge in [0.2, 0.25) is 0 Å². The minimum absolute atomic E-state index is 0.237. The van der Waals surface area contributed by atoms with Gasteiger partial charge in [-0.1, -0.05) is 132 Å². The maximum Gasteiger partial charge on any atom is 0.123 e. The van der Waals surface area contributed by atoms with E-state index in [9.17, 15) is 33.6 Å². The Balaban J connectivity index is -0.000000128. The lowest BCUT2D eigenvalue weighted by Crippen LogP contribution is -2.01. The number of hydrogen-bond donors (Lipinski definition) is 3.